The van der Waals surface area contributed by atoms with Gasteiger partial charge in [-0.3, -0.25) is 4.79 Å². The molecule has 0 aliphatic carbocycles. The zero-order chi connectivity index (χ0) is 10.3. The molecule has 0 radical (unpaired) electrons. The maximum atomic E-state index is 11.4. The lowest BCUT2D eigenvalue weighted by Gasteiger charge is -2.28. The molecule has 0 bridgehead atoms. The zero-order valence-electron chi connectivity index (χ0n) is 7.90. The average Bonchev–Trinajstić information content (AvgIpc) is 2.43. The molecule has 2 aliphatic rings. The summed E-state index contributed by atoms with van der Waals surface area (Å²) in [6.07, 6.45) is 0.570. The van der Waals surface area contributed by atoms with Crippen LogP contribution in [0.25, 0.3) is 0 Å². The monoisotopic (exact) mass is 309 g/mol. The highest BCUT2D eigenvalue weighted by Gasteiger charge is 2.46. The van der Waals surface area contributed by atoms with Gasteiger partial charge in [-0.2, -0.15) is 0 Å². The van der Waals surface area contributed by atoms with E-state index in [1.807, 2.05) is 6.92 Å². The van der Waals surface area contributed by atoms with Crippen molar-refractivity contribution < 1.29 is 14.3 Å². The van der Waals surface area contributed by atoms with E-state index in [9.17, 15) is 9.59 Å². The van der Waals surface area contributed by atoms with Crippen LogP contribution in [0.4, 0.5) is 4.79 Å². The molecular weight excluding hydrogens is 297 g/mol. The predicted molar refractivity (Wildman–Crippen MR) is 58.5 cm³/mol. The molecule has 0 aromatic rings. The Balaban J connectivity index is 2.17. The van der Waals surface area contributed by atoms with Crippen molar-refractivity contribution >= 4 is 34.5 Å². The lowest BCUT2D eigenvalue weighted by Crippen LogP contribution is -2.45. The second-order valence-corrected chi connectivity index (χ2v) is 5.74. The molecule has 2 rings (SSSR count). The number of halogens is 1. The van der Waals surface area contributed by atoms with E-state index in [0.717, 1.165) is 0 Å². The Hall–Kier alpha value is -0.330. The van der Waals surface area contributed by atoms with E-state index >= 15 is 0 Å². The second-order valence-electron chi connectivity index (χ2n) is 3.78. The maximum Gasteiger partial charge on any atom is 0.410 e. The highest BCUT2D eigenvalue weighted by atomic mass is 127. The van der Waals surface area contributed by atoms with Crippen molar-refractivity contribution in [2.45, 2.75) is 35.8 Å². The van der Waals surface area contributed by atoms with Gasteiger partial charge in [-0.25, -0.2) is 4.79 Å². The van der Waals surface area contributed by atoms with Gasteiger partial charge in [-0.15, -0.1) is 0 Å². The van der Waals surface area contributed by atoms with E-state index in [2.05, 4.69) is 22.6 Å². The van der Waals surface area contributed by atoms with Crippen LogP contribution < -0.4 is 0 Å². The smallest absolute Gasteiger partial charge is 0.410 e. The third-order valence-corrected chi connectivity index (χ3v) is 3.48. The molecule has 78 valence electrons. The fourth-order valence-corrected chi connectivity index (χ4v) is 2.67. The standard InChI is InChI=1S/C9H12INO3/c1-5(10)8-7-4-6(12)2-3-11(7)9(13)14-8/h5,7-8H,2-4H2,1H3/t5-,7+,8+/m0/s1. The van der Waals surface area contributed by atoms with Gasteiger partial charge in [-0.1, -0.05) is 22.6 Å². The van der Waals surface area contributed by atoms with Crippen molar-refractivity contribution in [1.82, 2.24) is 4.90 Å². The molecular formula is C9H12INO3. The van der Waals surface area contributed by atoms with E-state index in [4.69, 9.17) is 4.74 Å². The van der Waals surface area contributed by atoms with E-state index in [0.29, 0.717) is 19.4 Å². The molecule has 0 aromatic heterocycles. The lowest BCUT2D eigenvalue weighted by molar-refractivity contribution is -0.122. The summed E-state index contributed by atoms with van der Waals surface area (Å²) in [5.41, 5.74) is 0. The van der Waals surface area contributed by atoms with Crippen molar-refractivity contribution in [3.63, 3.8) is 0 Å². The number of hydrogen-bond donors (Lipinski definition) is 0. The van der Waals surface area contributed by atoms with Gasteiger partial charge < -0.3 is 9.64 Å². The van der Waals surface area contributed by atoms with E-state index in [1.54, 1.807) is 4.90 Å². The number of cyclic esters (lactones) is 1. The Labute approximate surface area is 96.1 Å². The highest BCUT2D eigenvalue weighted by molar-refractivity contribution is 14.1. The first-order valence-corrected chi connectivity index (χ1v) is 5.97. The van der Waals surface area contributed by atoms with Gasteiger partial charge >= 0.3 is 6.09 Å². The van der Waals surface area contributed by atoms with Crippen LogP contribution in [0.5, 0.6) is 0 Å². The Bertz CT molecular complexity index is 279. The number of nitrogens with zero attached hydrogens (tertiary/aromatic N) is 1. The molecule has 2 fully saturated rings. The van der Waals surface area contributed by atoms with Gasteiger partial charge in [0.05, 0.1) is 6.04 Å². The molecule has 0 unspecified atom stereocenters. The zero-order valence-corrected chi connectivity index (χ0v) is 10.1. The first-order chi connectivity index (χ1) is 6.59. The molecule has 14 heavy (non-hydrogen) atoms. The number of carbonyl (C=O) groups excluding carboxylic acids is 2. The Morgan fingerprint density at radius 3 is 2.93 bits per heavy atom. The molecule has 3 atom stereocenters. The molecule has 2 aliphatic heterocycles. The number of piperidine rings is 1. The van der Waals surface area contributed by atoms with Crippen molar-refractivity contribution in [3.8, 4) is 0 Å². The Kier molecular flexibility index (Phi) is 2.68. The minimum atomic E-state index is -0.254. The van der Waals surface area contributed by atoms with Gasteiger partial charge in [-0.05, 0) is 6.92 Å². The predicted octanol–water partition coefficient (Wildman–Crippen LogP) is 1.36. The Morgan fingerprint density at radius 2 is 2.29 bits per heavy atom. The fourth-order valence-electron chi connectivity index (χ4n) is 2.04. The van der Waals surface area contributed by atoms with Crippen LogP contribution in [0.2, 0.25) is 0 Å². The summed E-state index contributed by atoms with van der Waals surface area (Å²) < 4.78 is 5.49. The minimum Gasteiger partial charge on any atom is -0.443 e. The van der Waals surface area contributed by atoms with Crippen LogP contribution in [0.1, 0.15) is 19.8 Å². The number of alkyl halides is 1. The number of fused-ring (bicyclic) bond motifs is 1. The van der Waals surface area contributed by atoms with Gasteiger partial charge in [0, 0.05) is 23.3 Å². The normalized spacial score (nSPS) is 34.0. The summed E-state index contributed by atoms with van der Waals surface area (Å²) in [6.45, 7) is 2.53. The van der Waals surface area contributed by atoms with Crippen LogP contribution in [0.3, 0.4) is 0 Å². The molecule has 5 heteroatoms. The molecule has 2 heterocycles. The molecule has 0 N–H and O–H groups in total. The minimum absolute atomic E-state index is 0.0179. The van der Waals surface area contributed by atoms with Crippen LogP contribution in [0.15, 0.2) is 0 Å². The second kappa shape index (κ2) is 3.67. The summed E-state index contributed by atoms with van der Waals surface area (Å²) in [6, 6.07) is -0.0179. The average molecular weight is 309 g/mol. The summed E-state index contributed by atoms with van der Waals surface area (Å²) in [7, 11) is 0. The number of carbonyl (C=O) groups is 2. The van der Waals surface area contributed by atoms with Crippen LogP contribution in [-0.4, -0.2) is 39.4 Å². The first kappa shape index (κ1) is 10.2. The largest absolute Gasteiger partial charge is 0.443 e. The number of ether oxygens (including phenoxy) is 1. The number of amides is 1. The molecule has 2 saturated heterocycles. The van der Waals surface area contributed by atoms with Crippen LogP contribution in [-0.2, 0) is 9.53 Å². The number of ketones is 1. The van der Waals surface area contributed by atoms with Crippen molar-refractivity contribution in [2.75, 3.05) is 6.54 Å². The molecule has 0 spiro atoms. The number of rotatable bonds is 1. The highest BCUT2D eigenvalue weighted by Crippen LogP contribution is 2.30. The SMILES string of the molecule is C[C@H](I)[C@H]1OC(=O)N2CCC(=O)C[C@H]12. The van der Waals surface area contributed by atoms with Crippen LogP contribution in [0, 0.1) is 0 Å². The van der Waals surface area contributed by atoms with Crippen molar-refractivity contribution in [2.24, 2.45) is 0 Å². The first-order valence-electron chi connectivity index (χ1n) is 4.72. The Morgan fingerprint density at radius 1 is 1.57 bits per heavy atom. The lowest BCUT2D eigenvalue weighted by atomic mass is 9.97. The van der Waals surface area contributed by atoms with Gasteiger partial charge in [0.1, 0.15) is 11.9 Å². The van der Waals surface area contributed by atoms with E-state index < -0.39 is 0 Å². The maximum absolute atomic E-state index is 11.4. The third-order valence-electron chi connectivity index (χ3n) is 2.77. The van der Waals surface area contributed by atoms with E-state index in [1.165, 1.54) is 0 Å². The quantitative estimate of drug-likeness (QED) is 0.543. The summed E-state index contributed by atoms with van der Waals surface area (Å²) in [4.78, 5) is 24.4. The summed E-state index contributed by atoms with van der Waals surface area (Å²) in [5, 5.41) is 0. The van der Waals surface area contributed by atoms with Crippen molar-refractivity contribution in [1.29, 1.82) is 0 Å². The summed E-state index contributed by atoms with van der Waals surface area (Å²) in [5.74, 6) is 0.242. The van der Waals surface area contributed by atoms with Gasteiger partial charge in [0.2, 0.25) is 0 Å². The van der Waals surface area contributed by atoms with Gasteiger partial charge in [0.15, 0.2) is 0 Å². The topological polar surface area (TPSA) is 46.6 Å². The molecule has 1 amide bonds. The van der Waals surface area contributed by atoms with Gasteiger partial charge in [0.25, 0.3) is 0 Å². The van der Waals surface area contributed by atoms with Crippen LogP contribution >= 0.6 is 22.6 Å². The summed E-state index contributed by atoms with van der Waals surface area (Å²) >= 11 is 2.24. The number of Topliss-reactive ketones (excluding diaryl/α,β-unsaturated/α-hetero) is 1. The molecule has 0 saturated carbocycles. The number of hydrogen-bond acceptors (Lipinski definition) is 3. The third kappa shape index (κ3) is 1.62. The van der Waals surface area contributed by atoms with E-state index in [-0.39, 0.29) is 27.9 Å². The molecule has 0 aromatic carbocycles. The molecule has 4 nitrogen and oxygen atoms in total. The fraction of sp³-hybridized carbons (Fsp3) is 0.778. The van der Waals surface area contributed by atoms with Crippen molar-refractivity contribution in [3.05, 3.63) is 0 Å².